The van der Waals surface area contributed by atoms with Gasteiger partial charge in [-0.2, -0.15) is 4.98 Å². The Morgan fingerprint density at radius 2 is 2.23 bits per heavy atom. The van der Waals surface area contributed by atoms with Gasteiger partial charge in [-0.3, -0.25) is 9.59 Å². The Kier molecular flexibility index (Phi) is 3.06. The van der Waals surface area contributed by atoms with E-state index in [1.54, 1.807) is 17.0 Å². The Hall–Kier alpha value is -2.44. The van der Waals surface area contributed by atoms with Gasteiger partial charge in [0.15, 0.2) is 5.82 Å². The molecule has 0 bridgehead atoms. The van der Waals surface area contributed by atoms with Crippen LogP contribution in [0.1, 0.15) is 59.7 Å². The lowest BCUT2D eigenvalue weighted by Gasteiger charge is -2.21. The van der Waals surface area contributed by atoms with E-state index in [2.05, 4.69) is 15.1 Å². The fourth-order valence-corrected chi connectivity index (χ4v) is 2.90. The number of amides is 1. The minimum atomic E-state index is -0.370. The van der Waals surface area contributed by atoms with Crippen LogP contribution in [0, 0.1) is 0 Å². The van der Waals surface area contributed by atoms with Crippen molar-refractivity contribution >= 4 is 5.91 Å². The van der Waals surface area contributed by atoms with Gasteiger partial charge in [-0.15, -0.1) is 0 Å². The normalized spacial score (nSPS) is 21.3. The van der Waals surface area contributed by atoms with Crippen LogP contribution in [-0.2, 0) is 0 Å². The summed E-state index contributed by atoms with van der Waals surface area (Å²) in [6, 6.07) is 2.99. The quantitative estimate of drug-likeness (QED) is 0.929. The van der Waals surface area contributed by atoms with Gasteiger partial charge in [0.25, 0.3) is 11.5 Å². The van der Waals surface area contributed by atoms with Crippen LogP contribution in [0.2, 0.25) is 0 Å². The van der Waals surface area contributed by atoms with E-state index in [1.165, 1.54) is 6.20 Å². The van der Waals surface area contributed by atoms with Gasteiger partial charge in [-0.1, -0.05) is 5.16 Å². The summed E-state index contributed by atoms with van der Waals surface area (Å²) in [4.78, 5) is 33.1. The van der Waals surface area contributed by atoms with Gasteiger partial charge in [0.1, 0.15) is 5.56 Å². The molecule has 1 aliphatic heterocycles. The van der Waals surface area contributed by atoms with E-state index in [1.807, 2.05) is 0 Å². The SMILES string of the molecule is O=C(c1ccc[nH]c1=O)N1CCCC1c1noc(C2CC2)n1. The zero-order chi connectivity index (χ0) is 15.1. The molecule has 1 aliphatic carbocycles. The molecule has 1 N–H and O–H groups in total. The highest BCUT2D eigenvalue weighted by atomic mass is 16.5. The van der Waals surface area contributed by atoms with E-state index in [4.69, 9.17) is 4.52 Å². The van der Waals surface area contributed by atoms with Gasteiger partial charge in [0.05, 0.1) is 6.04 Å². The monoisotopic (exact) mass is 300 g/mol. The number of nitrogens with zero attached hydrogens (tertiary/aromatic N) is 3. The average molecular weight is 300 g/mol. The Labute approximate surface area is 126 Å². The van der Waals surface area contributed by atoms with Crippen LogP contribution in [-0.4, -0.2) is 32.5 Å². The van der Waals surface area contributed by atoms with Crippen molar-refractivity contribution in [1.29, 1.82) is 0 Å². The van der Waals surface area contributed by atoms with E-state index < -0.39 is 0 Å². The number of aromatic nitrogens is 3. The van der Waals surface area contributed by atoms with E-state index in [-0.39, 0.29) is 23.1 Å². The number of hydrogen-bond donors (Lipinski definition) is 1. The summed E-state index contributed by atoms with van der Waals surface area (Å²) < 4.78 is 5.29. The van der Waals surface area contributed by atoms with E-state index in [9.17, 15) is 9.59 Å². The summed E-state index contributed by atoms with van der Waals surface area (Å²) in [6.07, 6.45) is 5.36. The van der Waals surface area contributed by atoms with Crippen molar-refractivity contribution < 1.29 is 9.32 Å². The number of nitrogens with one attached hydrogen (secondary N) is 1. The highest BCUT2D eigenvalue weighted by molar-refractivity contribution is 5.94. The fourth-order valence-electron chi connectivity index (χ4n) is 2.90. The molecule has 1 saturated carbocycles. The second-order valence-electron chi connectivity index (χ2n) is 5.83. The number of rotatable bonds is 3. The largest absolute Gasteiger partial charge is 0.339 e. The van der Waals surface area contributed by atoms with Gasteiger partial charge in [-0.25, -0.2) is 0 Å². The summed E-state index contributed by atoms with van der Waals surface area (Å²) in [6.45, 7) is 0.602. The lowest BCUT2D eigenvalue weighted by Crippen LogP contribution is -2.34. The van der Waals surface area contributed by atoms with Crippen molar-refractivity contribution in [2.24, 2.45) is 0 Å². The zero-order valence-electron chi connectivity index (χ0n) is 12.0. The first-order valence-corrected chi connectivity index (χ1v) is 7.56. The molecule has 1 atom stereocenters. The van der Waals surface area contributed by atoms with Gasteiger partial charge >= 0.3 is 0 Å². The molecule has 114 valence electrons. The second kappa shape index (κ2) is 5.08. The molecule has 7 nitrogen and oxygen atoms in total. The molecule has 1 saturated heterocycles. The fraction of sp³-hybridized carbons (Fsp3) is 0.467. The van der Waals surface area contributed by atoms with Gasteiger partial charge in [0.2, 0.25) is 5.89 Å². The van der Waals surface area contributed by atoms with Crippen LogP contribution in [0.4, 0.5) is 0 Å². The maximum absolute atomic E-state index is 12.6. The molecular weight excluding hydrogens is 284 g/mol. The van der Waals surface area contributed by atoms with Crippen molar-refractivity contribution in [3.05, 3.63) is 46.0 Å². The average Bonchev–Trinajstić information content (AvgIpc) is 3.07. The third-order valence-corrected chi connectivity index (χ3v) is 4.24. The van der Waals surface area contributed by atoms with E-state index in [0.29, 0.717) is 24.2 Å². The minimum absolute atomic E-state index is 0.153. The van der Waals surface area contributed by atoms with Crippen LogP contribution >= 0.6 is 0 Å². The minimum Gasteiger partial charge on any atom is -0.339 e. The Morgan fingerprint density at radius 3 is 3.00 bits per heavy atom. The van der Waals surface area contributed by atoms with Crippen LogP contribution < -0.4 is 5.56 Å². The van der Waals surface area contributed by atoms with Crippen molar-refractivity contribution in [2.45, 2.75) is 37.6 Å². The Morgan fingerprint density at radius 1 is 1.36 bits per heavy atom. The molecule has 2 aliphatic rings. The molecule has 0 radical (unpaired) electrons. The molecule has 7 heteroatoms. The molecule has 22 heavy (non-hydrogen) atoms. The number of carbonyl (C=O) groups excluding carboxylic acids is 1. The van der Waals surface area contributed by atoms with Crippen LogP contribution in [0.3, 0.4) is 0 Å². The number of carbonyl (C=O) groups is 1. The number of pyridine rings is 1. The van der Waals surface area contributed by atoms with Crippen molar-refractivity contribution in [2.75, 3.05) is 6.54 Å². The lowest BCUT2D eigenvalue weighted by molar-refractivity contribution is 0.0726. The number of aromatic amines is 1. The molecule has 3 heterocycles. The molecule has 2 aromatic heterocycles. The summed E-state index contributed by atoms with van der Waals surface area (Å²) in [5.74, 6) is 1.35. The first-order chi connectivity index (χ1) is 10.7. The van der Waals surface area contributed by atoms with Crippen molar-refractivity contribution in [3.8, 4) is 0 Å². The summed E-state index contributed by atoms with van der Waals surface area (Å²) >= 11 is 0. The first-order valence-electron chi connectivity index (χ1n) is 7.56. The Bertz CT molecular complexity index is 762. The molecular formula is C15H16N4O3. The predicted octanol–water partition coefficient (Wildman–Crippen LogP) is 1.61. The highest BCUT2D eigenvalue weighted by Gasteiger charge is 2.36. The van der Waals surface area contributed by atoms with Crippen molar-refractivity contribution in [3.63, 3.8) is 0 Å². The maximum atomic E-state index is 12.6. The maximum Gasteiger partial charge on any atom is 0.260 e. The molecule has 2 fully saturated rings. The molecule has 0 spiro atoms. The van der Waals surface area contributed by atoms with E-state index in [0.717, 1.165) is 25.7 Å². The molecule has 1 amide bonds. The topological polar surface area (TPSA) is 92.1 Å². The van der Waals surface area contributed by atoms with Crippen LogP contribution in [0.5, 0.6) is 0 Å². The first kappa shape index (κ1) is 13.2. The van der Waals surface area contributed by atoms with Crippen molar-refractivity contribution in [1.82, 2.24) is 20.0 Å². The third-order valence-electron chi connectivity index (χ3n) is 4.24. The molecule has 0 aromatic carbocycles. The van der Waals surface area contributed by atoms with Gasteiger partial charge in [0, 0.05) is 18.7 Å². The summed E-state index contributed by atoms with van der Waals surface area (Å²) in [5.41, 5.74) is -0.217. The molecule has 1 unspecified atom stereocenters. The zero-order valence-corrected chi connectivity index (χ0v) is 12.0. The smallest absolute Gasteiger partial charge is 0.260 e. The van der Waals surface area contributed by atoms with E-state index >= 15 is 0 Å². The number of hydrogen-bond acceptors (Lipinski definition) is 5. The molecule has 4 rings (SSSR count). The predicted molar refractivity (Wildman–Crippen MR) is 76.3 cm³/mol. The highest BCUT2D eigenvalue weighted by Crippen LogP contribution is 2.40. The molecule has 2 aromatic rings. The summed E-state index contributed by atoms with van der Waals surface area (Å²) in [7, 11) is 0. The number of H-pyrrole nitrogens is 1. The Balaban J connectivity index is 1.61. The lowest BCUT2D eigenvalue weighted by atomic mass is 10.2. The van der Waals surface area contributed by atoms with Gasteiger partial charge in [-0.05, 0) is 37.8 Å². The third kappa shape index (κ3) is 2.22. The second-order valence-corrected chi connectivity index (χ2v) is 5.83. The summed E-state index contributed by atoms with van der Waals surface area (Å²) in [5, 5.41) is 4.04. The number of likely N-dealkylation sites (tertiary alicyclic amines) is 1. The standard InChI is InChI=1S/C15H16N4O3/c20-13-10(3-1-7-16-13)15(21)19-8-2-4-11(19)12-17-14(22-18-12)9-5-6-9/h1,3,7,9,11H,2,4-6,8H2,(H,16,20). The van der Waals surface area contributed by atoms with Gasteiger partial charge < -0.3 is 14.4 Å². The van der Waals surface area contributed by atoms with Crippen LogP contribution in [0.25, 0.3) is 0 Å². The van der Waals surface area contributed by atoms with Crippen LogP contribution in [0.15, 0.2) is 27.6 Å².